The number of methoxy groups -OCH3 is 2. The highest BCUT2D eigenvalue weighted by atomic mass is 19.4. The molecule has 1 amide bonds. The van der Waals surface area contributed by atoms with Crippen molar-refractivity contribution in [3.8, 4) is 11.8 Å². The van der Waals surface area contributed by atoms with E-state index in [0.29, 0.717) is 18.5 Å². The van der Waals surface area contributed by atoms with Gasteiger partial charge in [0.05, 0.1) is 25.8 Å². The van der Waals surface area contributed by atoms with Gasteiger partial charge < -0.3 is 24.4 Å². The molecule has 0 unspecified atom stereocenters. The smallest absolute Gasteiger partial charge is 0.416 e. The summed E-state index contributed by atoms with van der Waals surface area (Å²) in [5.41, 5.74) is 0.0549. The van der Waals surface area contributed by atoms with Gasteiger partial charge in [0.25, 0.3) is 0 Å². The molecule has 0 bridgehead atoms. The molecule has 184 valence electrons. The predicted molar refractivity (Wildman–Crippen MR) is 120 cm³/mol. The lowest BCUT2D eigenvalue weighted by molar-refractivity contribution is -0.137. The molecule has 1 aromatic carbocycles. The number of hydrogen-bond donors (Lipinski definition) is 1. The first-order valence-corrected chi connectivity index (χ1v) is 10.5. The largest absolute Gasteiger partial charge is 0.481 e. The number of benzene rings is 1. The molecule has 0 saturated heterocycles. The first-order chi connectivity index (χ1) is 15.9. The Bertz CT molecular complexity index is 1060. The second-order valence-electron chi connectivity index (χ2n) is 8.57. The summed E-state index contributed by atoms with van der Waals surface area (Å²) >= 11 is 0. The van der Waals surface area contributed by atoms with Crippen LogP contribution in [0.1, 0.15) is 38.3 Å². The van der Waals surface area contributed by atoms with E-state index in [0.717, 1.165) is 17.7 Å². The highest BCUT2D eigenvalue weighted by Crippen LogP contribution is 2.37. The second kappa shape index (κ2) is 9.78. The number of nitrogens with zero attached hydrogens (tertiary/aromatic N) is 3. The van der Waals surface area contributed by atoms with E-state index in [9.17, 15) is 18.0 Å². The van der Waals surface area contributed by atoms with Crippen molar-refractivity contribution in [3.63, 3.8) is 0 Å². The number of ether oxygens (including phenoxy) is 3. The van der Waals surface area contributed by atoms with E-state index in [1.165, 1.54) is 26.4 Å². The number of carbonyl (C=O) groups excluding carboxylic acids is 1. The number of aromatic nitrogens is 2. The van der Waals surface area contributed by atoms with Crippen LogP contribution in [0, 0.1) is 0 Å². The van der Waals surface area contributed by atoms with E-state index < -0.39 is 23.4 Å². The minimum Gasteiger partial charge on any atom is -0.481 e. The van der Waals surface area contributed by atoms with E-state index in [1.807, 2.05) is 0 Å². The van der Waals surface area contributed by atoms with E-state index in [1.54, 1.807) is 31.7 Å². The molecule has 0 aliphatic carbocycles. The van der Waals surface area contributed by atoms with Gasteiger partial charge in [-0.2, -0.15) is 23.1 Å². The molecule has 8 nitrogen and oxygen atoms in total. The van der Waals surface area contributed by atoms with Gasteiger partial charge in [0.1, 0.15) is 5.60 Å². The van der Waals surface area contributed by atoms with Crippen molar-refractivity contribution in [2.45, 2.75) is 39.0 Å². The molecule has 3 rings (SSSR count). The molecule has 11 heteroatoms. The molecule has 0 saturated carbocycles. The normalized spacial score (nSPS) is 14.4. The monoisotopic (exact) mass is 480 g/mol. The molecule has 0 radical (unpaired) electrons. The summed E-state index contributed by atoms with van der Waals surface area (Å²) in [4.78, 5) is 22.2. The molecule has 1 N–H and O–H groups in total. The molecule has 1 aromatic heterocycles. The quantitative estimate of drug-likeness (QED) is 0.623. The minimum atomic E-state index is -4.53. The maximum absolute atomic E-state index is 13.4. The molecule has 34 heavy (non-hydrogen) atoms. The van der Waals surface area contributed by atoms with Gasteiger partial charge in [-0.25, -0.2) is 4.79 Å². The summed E-state index contributed by atoms with van der Waals surface area (Å²) in [5.74, 6) is 0.393. The summed E-state index contributed by atoms with van der Waals surface area (Å²) in [6.07, 6.45) is -2.74. The molecular weight excluding hydrogens is 453 g/mol. The number of halogens is 3. The maximum Gasteiger partial charge on any atom is 0.416 e. The Kier molecular flexibility index (Phi) is 7.23. The number of rotatable bonds is 5. The lowest BCUT2D eigenvalue weighted by Gasteiger charge is -2.30. The minimum absolute atomic E-state index is 0.0172. The fourth-order valence-electron chi connectivity index (χ4n) is 3.30. The third-order valence-corrected chi connectivity index (χ3v) is 4.90. The van der Waals surface area contributed by atoms with Crippen LogP contribution >= 0.6 is 0 Å². The first-order valence-electron chi connectivity index (χ1n) is 10.5. The van der Waals surface area contributed by atoms with Crippen molar-refractivity contribution in [1.82, 2.24) is 14.9 Å². The van der Waals surface area contributed by atoms with Crippen LogP contribution < -0.4 is 14.8 Å². The van der Waals surface area contributed by atoms with Crippen LogP contribution in [0.25, 0.3) is 5.57 Å². The molecule has 0 spiro atoms. The van der Waals surface area contributed by atoms with E-state index >= 15 is 0 Å². The van der Waals surface area contributed by atoms with Crippen molar-refractivity contribution in [2.24, 2.45) is 0 Å². The van der Waals surface area contributed by atoms with Gasteiger partial charge in [-0.15, -0.1) is 0 Å². The fraction of sp³-hybridized carbons (Fsp3) is 0.435. The van der Waals surface area contributed by atoms with Crippen LogP contribution in [0.4, 0.5) is 29.6 Å². The Morgan fingerprint density at radius 2 is 1.71 bits per heavy atom. The fourth-order valence-corrected chi connectivity index (χ4v) is 3.30. The van der Waals surface area contributed by atoms with Crippen molar-refractivity contribution >= 4 is 23.3 Å². The summed E-state index contributed by atoms with van der Waals surface area (Å²) in [6.45, 7) is 5.99. The van der Waals surface area contributed by atoms with Crippen molar-refractivity contribution in [2.75, 3.05) is 32.6 Å². The number of carbonyl (C=O) groups is 1. The van der Waals surface area contributed by atoms with Crippen LogP contribution in [0.5, 0.6) is 11.8 Å². The summed E-state index contributed by atoms with van der Waals surface area (Å²) in [6, 6.07) is 4.88. The molecule has 1 aliphatic rings. The summed E-state index contributed by atoms with van der Waals surface area (Å²) < 4.78 is 55.9. The van der Waals surface area contributed by atoms with Gasteiger partial charge in [-0.05, 0) is 44.9 Å². The number of amides is 1. The van der Waals surface area contributed by atoms with Gasteiger partial charge in [-0.1, -0.05) is 12.1 Å². The van der Waals surface area contributed by atoms with Crippen LogP contribution in [0.2, 0.25) is 0 Å². The van der Waals surface area contributed by atoms with Crippen molar-refractivity contribution in [1.29, 1.82) is 0 Å². The first kappa shape index (κ1) is 25.1. The van der Waals surface area contributed by atoms with Crippen LogP contribution in [-0.4, -0.2) is 53.9 Å². The predicted octanol–water partition coefficient (Wildman–Crippen LogP) is 5.28. The third-order valence-electron chi connectivity index (χ3n) is 4.90. The Labute approximate surface area is 195 Å². The van der Waals surface area contributed by atoms with Gasteiger partial charge in [0, 0.05) is 24.3 Å². The van der Waals surface area contributed by atoms with E-state index in [-0.39, 0.29) is 29.9 Å². The zero-order valence-corrected chi connectivity index (χ0v) is 19.6. The molecular formula is C23H27F3N4O4. The van der Waals surface area contributed by atoms with Crippen LogP contribution in [0.3, 0.4) is 0 Å². The standard InChI is InChI=1S/C23H27F3N4O4/c1-22(2,3)34-21(31)30-10-8-14(9-11-30)16-7-6-15(23(24,25)26)12-17(16)27-20-28-18(32-4)13-19(29-20)33-5/h6-8,12-13H,9-11H2,1-5H3,(H,27,28,29). The third kappa shape index (κ3) is 6.30. The van der Waals surface area contributed by atoms with Gasteiger partial charge in [0.15, 0.2) is 0 Å². The lowest BCUT2D eigenvalue weighted by Crippen LogP contribution is -2.39. The Balaban J connectivity index is 1.94. The Hall–Kier alpha value is -3.50. The average Bonchev–Trinajstić information content (AvgIpc) is 2.77. The molecule has 0 fully saturated rings. The van der Waals surface area contributed by atoms with Crippen LogP contribution in [0.15, 0.2) is 30.3 Å². The zero-order valence-electron chi connectivity index (χ0n) is 19.6. The number of nitrogens with one attached hydrogen (secondary N) is 1. The summed E-state index contributed by atoms with van der Waals surface area (Å²) in [5, 5.41) is 2.87. The number of alkyl halides is 3. The van der Waals surface area contributed by atoms with E-state index in [2.05, 4.69) is 15.3 Å². The SMILES string of the molecule is COc1cc(OC)nc(Nc2cc(C(F)(F)F)ccc2C2=CCN(C(=O)OC(C)(C)C)CC2)n1. The highest BCUT2D eigenvalue weighted by Gasteiger charge is 2.32. The Morgan fingerprint density at radius 1 is 1.06 bits per heavy atom. The van der Waals surface area contributed by atoms with Gasteiger partial charge in [0.2, 0.25) is 17.7 Å². The highest BCUT2D eigenvalue weighted by molar-refractivity contribution is 5.80. The topological polar surface area (TPSA) is 85.8 Å². The molecule has 2 heterocycles. The van der Waals surface area contributed by atoms with Crippen molar-refractivity contribution < 1.29 is 32.2 Å². The van der Waals surface area contributed by atoms with Gasteiger partial charge in [-0.3, -0.25) is 0 Å². The van der Waals surface area contributed by atoms with Crippen LogP contribution in [-0.2, 0) is 10.9 Å². The van der Waals surface area contributed by atoms with E-state index in [4.69, 9.17) is 14.2 Å². The number of hydrogen-bond acceptors (Lipinski definition) is 7. The van der Waals surface area contributed by atoms with Gasteiger partial charge >= 0.3 is 12.3 Å². The second-order valence-corrected chi connectivity index (χ2v) is 8.57. The molecule has 0 atom stereocenters. The maximum atomic E-state index is 13.4. The number of anilines is 2. The lowest BCUT2D eigenvalue weighted by atomic mass is 9.96. The summed E-state index contributed by atoms with van der Waals surface area (Å²) in [7, 11) is 2.81. The average molecular weight is 480 g/mol. The molecule has 2 aromatic rings. The zero-order chi connectivity index (χ0) is 25.1. The molecule has 1 aliphatic heterocycles. The van der Waals surface area contributed by atoms with Crippen molar-refractivity contribution in [3.05, 3.63) is 41.5 Å². The Morgan fingerprint density at radius 3 is 2.21 bits per heavy atom.